The first kappa shape index (κ1) is 18.2. The van der Waals surface area contributed by atoms with Crippen molar-refractivity contribution in [1.82, 2.24) is 0 Å². The molecular formula is C18H22O6. The largest absolute Gasteiger partial charge is 0.508 e. The predicted octanol–water partition coefficient (Wildman–Crippen LogP) is 1.29. The van der Waals surface area contributed by atoms with Gasteiger partial charge in [0.15, 0.2) is 0 Å². The average molecular weight is 334 g/mol. The van der Waals surface area contributed by atoms with E-state index < -0.39 is 12.2 Å². The van der Waals surface area contributed by atoms with E-state index in [2.05, 4.69) is 0 Å². The second-order valence-electron chi connectivity index (χ2n) is 5.40. The number of para-hydroxylation sites is 2. The summed E-state index contributed by atoms with van der Waals surface area (Å²) in [6.07, 6.45) is -1.70. The highest BCUT2D eigenvalue weighted by atomic mass is 16.6. The molecular weight excluding hydrogens is 312 g/mol. The lowest BCUT2D eigenvalue weighted by molar-refractivity contribution is 0.00205. The number of aliphatic hydroxyl groups is 2. The third-order valence-corrected chi connectivity index (χ3v) is 3.51. The van der Waals surface area contributed by atoms with Gasteiger partial charge < -0.3 is 29.9 Å². The molecule has 2 aliphatic rings. The quantitative estimate of drug-likeness (QED) is 0.579. The standard InChI is InChI=1S/C6H10O4.2C6H6O/c7-3-1-9-6-4(8)2-10-5(3)6;2*7-6-4-2-1-3-5-6/h3-8H,1-2H2;2*1-5,7H/t3-,4+,5-,6-;;/m1../s1. The summed E-state index contributed by atoms with van der Waals surface area (Å²) in [5.74, 6) is 0.644. The van der Waals surface area contributed by atoms with Gasteiger partial charge in [-0.3, -0.25) is 0 Å². The molecule has 4 rings (SSSR count). The maximum atomic E-state index is 9.16. The first-order valence-electron chi connectivity index (χ1n) is 7.65. The molecule has 0 aliphatic carbocycles. The van der Waals surface area contributed by atoms with Crippen LogP contribution in [-0.2, 0) is 9.47 Å². The van der Waals surface area contributed by atoms with E-state index in [-0.39, 0.29) is 25.4 Å². The predicted molar refractivity (Wildman–Crippen MR) is 87.7 cm³/mol. The van der Waals surface area contributed by atoms with E-state index in [1.165, 1.54) is 0 Å². The minimum absolute atomic E-state index is 0.284. The molecule has 2 saturated heterocycles. The molecule has 0 bridgehead atoms. The Morgan fingerprint density at radius 2 is 0.958 bits per heavy atom. The first-order chi connectivity index (χ1) is 11.6. The van der Waals surface area contributed by atoms with Crippen LogP contribution in [0.25, 0.3) is 0 Å². The second-order valence-corrected chi connectivity index (χ2v) is 5.40. The maximum absolute atomic E-state index is 9.16. The molecule has 2 aliphatic heterocycles. The average Bonchev–Trinajstić information content (AvgIpc) is 3.14. The Labute approximate surface area is 140 Å². The topological polar surface area (TPSA) is 99.4 Å². The summed E-state index contributed by atoms with van der Waals surface area (Å²) >= 11 is 0. The van der Waals surface area contributed by atoms with E-state index in [0.29, 0.717) is 11.5 Å². The second kappa shape index (κ2) is 9.24. The maximum Gasteiger partial charge on any atom is 0.115 e. The summed E-state index contributed by atoms with van der Waals surface area (Å²) in [5.41, 5.74) is 0. The Kier molecular flexibility index (Phi) is 7.02. The van der Waals surface area contributed by atoms with Crippen LogP contribution in [0.1, 0.15) is 0 Å². The van der Waals surface area contributed by atoms with Crippen molar-refractivity contribution >= 4 is 0 Å². The third kappa shape index (κ3) is 5.50. The van der Waals surface area contributed by atoms with Crippen LogP contribution in [0.2, 0.25) is 0 Å². The van der Waals surface area contributed by atoms with E-state index >= 15 is 0 Å². The van der Waals surface area contributed by atoms with Crippen LogP contribution in [0.4, 0.5) is 0 Å². The van der Waals surface area contributed by atoms with Crippen LogP contribution in [0.15, 0.2) is 60.7 Å². The van der Waals surface area contributed by atoms with Crippen LogP contribution >= 0.6 is 0 Å². The number of aromatic hydroxyl groups is 2. The van der Waals surface area contributed by atoms with Crippen LogP contribution in [0.5, 0.6) is 11.5 Å². The number of phenols is 2. The Bertz CT molecular complexity index is 523. The lowest BCUT2D eigenvalue weighted by atomic mass is 10.1. The fraction of sp³-hybridized carbons (Fsp3) is 0.333. The van der Waals surface area contributed by atoms with E-state index in [9.17, 15) is 0 Å². The van der Waals surface area contributed by atoms with Gasteiger partial charge in [0.05, 0.1) is 13.2 Å². The van der Waals surface area contributed by atoms with Crippen molar-refractivity contribution in [3.05, 3.63) is 60.7 Å². The molecule has 0 spiro atoms. The molecule has 6 nitrogen and oxygen atoms in total. The Balaban J connectivity index is 0.000000134. The van der Waals surface area contributed by atoms with Crippen molar-refractivity contribution in [3.63, 3.8) is 0 Å². The first-order valence-corrected chi connectivity index (χ1v) is 7.65. The molecule has 2 aromatic carbocycles. The number of phenolic OH excluding ortho intramolecular Hbond substituents is 2. The van der Waals surface area contributed by atoms with E-state index in [1.54, 1.807) is 48.5 Å². The Hall–Kier alpha value is -2.12. The van der Waals surface area contributed by atoms with Gasteiger partial charge in [-0.25, -0.2) is 0 Å². The fourth-order valence-corrected chi connectivity index (χ4v) is 2.31. The number of ether oxygens (including phenoxy) is 2. The molecule has 0 unspecified atom stereocenters. The lowest BCUT2D eigenvalue weighted by Gasteiger charge is -2.09. The monoisotopic (exact) mass is 334 g/mol. The number of hydrogen-bond acceptors (Lipinski definition) is 6. The molecule has 130 valence electrons. The summed E-state index contributed by atoms with van der Waals surface area (Å²) in [5, 5.41) is 35.6. The molecule has 4 N–H and O–H groups in total. The summed E-state index contributed by atoms with van der Waals surface area (Å²) in [4.78, 5) is 0. The zero-order chi connectivity index (χ0) is 17.4. The van der Waals surface area contributed by atoms with Crippen molar-refractivity contribution in [3.8, 4) is 11.5 Å². The summed E-state index contributed by atoms with van der Waals surface area (Å²) in [6.45, 7) is 0.568. The van der Waals surface area contributed by atoms with Gasteiger partial charge in [0.25, 0.3) is 0 Å². The van der Waals surface area contributed by atoms with E-state index in [1.807, 2.05) is 12.1 Å². The highest BCUT2D eigenvalue weighted by Gasteiger charge is 2.46. The van der Waals surface area contributed by atoms with Gasteiger partial charge in [-0.1, -0.05) is 36.4 Å². The number of rotatable bonds is 0. The zero-order valence-electron chi connectivity index (χ0n) is 13.1. The summed E-state index contributed by atoms with van der Waals surface area (Å²) in [7, 11) is 0. The van der Waals surface area contributed by atoms with Crippen molar-refractivity contribution in [2.24, 2.45) is 0 Å². The van der Waals surface area contributed by atoms with Gasteiger partial charge in [0, 0.05) is 0 Å². The van der Waals surface area contributed by atoms with Crippen molar-refractivity contribution in [2.45, 2.75) is 24.4 Å². The zero-order valence-corrected chi connectivity index (χ0v) is 13.1. The number of benzene rings is 2. The minimum atomic E-state index is -0.554. The number of hydrogen-bond donors (Lipinski definition) is 4. The van der Waals surface area contributed by atoms with Crippen molar-refractivity contribution < 1.29 is 29.9 Å². The smallest absolute Gasteiger partial charge is 0.115 e. The Morgan fingerprint density at radius 3 is 1.21 bits per heavy atom. The minimum Gasteiger partial charge on any atom is -0.508 e. The highest BCUT2D eigenvalue weighted by molar-refractivity contribution is 5.19. The number of fused-ring (bicyclic) bond motifs is 1. The SMILES string of the molecule is O[C@@H]1CO[C@H]2[C@@H]1OC[C@@H]2O.Oc1ccccc1.Oc1ccccc1. The molecule has 4 atom stereocenters. The summed E-state index contributed by atoms with van der Waals surface area (Å²) < 4.78 is 10.2. The van der Waals surface area contributed by atoms with Crippen LogP contribution in [0.3, 0.4) is 0 Å². The van der Waals surface area contributed by atoms with Crippen LogP contribution in [0, 0.1) is 0 Å². The Morgan fingerprint density at radius 1 is 0.625 bits per heavy atom. The molecule has 0 aromatic heterocycles. The molecule has 2 aromatic rings. The molecule has 2 heterocycles. The third-order valence-electron chi connectivity index (χ3n) is 3.51. The number of aliphatic hydroxyl groups excluding tert-OH is 2. The van der Waals surface area contributed by atoms with Crippen molar-refractivity contribution in [1.29, 1.82) is 0 Å². The van der Waals surface area contributed by atoms with Gasteiger partial charge in [0.2, 0.25) is 0 Å². The van der Waals surface area contributed by atoms with Crippen molar-refractivity contribution in [2.75, 3.05) is 13.2 Å². The summed E-state index contributed by atoms with van der Waals surface area (Å²) in [6, 6.07) is 17.4. The molecule has 0 saturated carbocycles. The van der Waals surface area contributed by atoms with Gasteiger partial charge in [-0.15, -0.1) is 0 Å². The van der Waals surface area contributed by atoms with Gasteiger partial charge >= 0.3 is 0 Å². The van der Waals surface area contributed by atoms with Gasteiger partial charge in [-0.05, 0) is 24.3 Å². The molecule has 24 heavy (non-hydrogen) atoms. The van der Waals surface area contributed by atoms with Gasteiger partial charge in [-0.2, -0.15) is 0 Å². The van der Waals surface area contributed by atoms with Gasteiger partial charge in [0.1, 0.15) is 35.9 Å². The fourth-order valence-electron chi connectivity index (χ4n) is 2.31. The molecule has 0 amide bonds. The molecule has 6 heteroatoms. The highest BCUT2D eigenvalue weighted by Crippen LogP contribution is 2.26. The normalized spacial score (nSPS) is 27.2. The molecule has 2 fully saturated rings. The van der Waals surface area contributed by atoms with Crippen LogP contribution in [-0.4, -0.2) is 58.1 Å². The molecule has 0 radical (unpaired) electrons. The van der Waals surface area contributed by atoms with E-state index in [4.69, 9.17) is 29.9 Å². The van der Waals surface area contributed by atoms with Crippen LogP contribution < -0.4 is 0 Å². The van der Waals surface area contributed by atoms with E-state index in [0.717, 1.165) is 0 Å². The lowest BCUT2D eigenvalue weighted by Crippen LogP contribution is -2.30.